The van der Waals surface area contributed by atoms with Crippen LogP contribution >= 0.6 is 28.1 Å². The minimum Gasteiger partial charge on any atom is -0.497 e. The maximum Gasteiger partial charge on any atom is 0.120 e. The van der Waals surface area contributed by atoms with E-state index in [1.165, 1.54) is 0 Å². The Morgan fingerprint density at radius 2 is 1.60 bits per heavy atom. The number of nitrogens with one attached hydrogen (secondary N) is 1. The topological polar surface area (TPSA) is 30.5 Å². The molecule has 0 atom stereocenters. The van der Waals surface area contributed by atoms with E-state index in [0.717, 1.165) is 27.2 Å². The fraction of sp³-hybridized carbons (Fsp3) is 0.133. The molecular weight excluding hydrogens is 338 g/mol. The van der Waals surface area contributed by atoms with Gasteiger partial charge in [0.2, 0.25) is 0 Å². The number of rotatable bonds is 4. The van der Waals surface area contributed by atoms with Crippen molar-refractivity contribution >= 4 is 38.8 Å². The van der Waals surface area contributed by atoms with Crippen molar-refractivity contribution in [3.63, 3.8) is 0 Å². The number of ether oxygens (including phenoxy) is 2. The molecule has 104 valence electrons. The predicted octanol–water partition coefficient (Wildman–Crippen LogP) is 4.25. The largest absolute Gasteiger partial charge is 0.497 e. The van der Waals surface area contributed by atoms with Gasteiger partial charge in [-0.3, -0.25) is 0 Å². The average molecular weight is 352 g/mol. The van der Waals surface area contributed by atoms with Gasteiger partial charge in [-0.25, -0.2) is 0 Å². The minimum absolute atomic E-state index is 0.651. The molecule has 0 fully saturated rings. The first-order valence-corrected chi connectivity index (χ1v) is 7.13. The zero-order valence-corrected chi connectivity index (χ0v) is 13.5. The van der Waals surface area contributed by atoms with E-state index in [9.17, 15) is 0 Å². The van der Waals surface area contributed by atoms with Crippen molar-refractivity contribution in [3.05, 3.63) is 52.5 Å². The van der Waals surface area contributed by atoms with Crippen molar-refractivity contribution in [2.24, 2.45) is 0 Å². The van der Waals surface area contributed by atoms with Gasteiger partial charge in [0.25, 0.3) is 0 Å². The van der Waals surface area contributed by atoms with E-state index in [1.54, 1.807) is 14.2 Å². The zero-order valence-electron chi connectivity index (χ0n) is 11.1. The number of benzene rings is 2. The summed E-state index contributed by atoms with van der Waals surface area (Å²) in [6.45, 7) is 0. The normalized spacial score (nSPS) is 9.95. The third kappa shape index (κ3) is 3.49. The second kappa shape index (κ2) is 6.72. The predicted molar refractivity (Wildman–Crippen MR) is 89.0 cm³/mol. The molecule has 2 aromatic rings. The summed E-state index contributed by atoms with van der Waals surface area (Å²) in [6, 6.07) is 13.3. The summed E-state index contributed by atoms with van der Waals surface area (Å²) in [7, 11) is 3.27. The monoisotopic (exact) mass is 351 g/mol. The molecule has 0 spiro atoms. The minimum atomic E-state index is 0.651. The highest BCUT2D eigenvalue weighted by Gasteiger charge is 2.06. The lowest BCUT2D eigenvalue weighted by molar-refractivity contribution is 0.414. The average Bonchev–Trinajstić information content (AvgIpc) is 2.49. The molecule has 0 radical (unpaired) electrons. The maximum absolute atomic E-state index is 5.40. The van der Waals surface area contributed by atoms with E-state index in [1.807, 2.05) is 42.5 Å². The third-order valence-electron chi connectivity index (χ3n) is 2.78. The Hall–Kier alpha value is -1.59. The Labute approximate surface area is 132 Å². The fourth-order valence-electron chi connectivity index (χ4n) is 1.66. The van der Waals surface area contributed by atoms with Crippen LogP contribution in [0, 0.1) is 0 Å². The Morgan fingerprint density at radius 3 is 2.15 bits per heavy atom. The summed E-state index contributed by atoms with van der Waals surface area (Å²) in [5.41, 5.74) is 1.83. The number of halogens is 1. The molecule has 1 N–H and O–H groups in total. The van der Waals surface area contributed by atoms with Gasteiger partial charge in [-0.2, -0.15) is 0 Å². The van der Waals surface area contributed by atoms with E-state index in [0.29, 0.717) is 4.99 Å². The molecule has 0 aliphatic carbocycles. The molecule has 5 heteroatoms. The van der Waals surface area contributed by atoms with E-state index >= 15 is 0 Å². The summed E-state index contributed by atoms with van der Waals surface area (Å²) >= 11 is 8.89. The standard InChI is InChI=1S/C15H14BrNO2S/c1-18-11-5-3-10(4-6-11)15(20)17-14-8-7-12(19-2)9-13(14)16/h3-9H,1-2H3,(H,17,20). The van der Waals surface area contributed by atoms with Crippen LogP contribution in [0.4, 0.5) is 5.69 Å². The molecule has 20 heavy (non-hydrogen) atoms. The Bertz CT molecular complexity index is 614. The van der Waals surface area contributed by atoms with Crippen molar-refractivity contribution in [2.75, 3.05) is 19.5 Å². The summed E-state index contributed by atoms with van der Waals surface area (Å²) < 4.78 is 11.2. The first kappa shape index (κ1) is 14.8. The molecule has 2 aromatic carbocycles. The number of thiocarbonyl (C=S) groups is 1. The summed E-state index contributed by atoms with van der Waals surface area (Å²) in [4.78, 5) is 0.651. The Kier molecular flexibility index (Phi) is 4.98. The van der Waals surface area contributed by atoms with E-state index in [2.05, 4.69) is 21.2 Å². The van der Waals surface area contributed by atoms with Gasteiger partial charge in [0.05, 0.1) is 19.9 Å². The highest BCUT2D eigenvalue weighted by molar-refractivity contribution is 9.10. The maximum atomic E-state index is 5.40. The molecule has 0 heterocycles. The van der Waals surface area contributed by atoms with Gasteiger partial charge in [0.1, 0.15) is 16.5 Å². The van der Waals surface area contributed by atoms with Crippen molar-refractivity contribution in [1.29, 1.82) is 0 Å². The van der Waals surface area contributed by atoms with Crippen molar-refractivity contribution in [3.8, 4) is 11.5 Å². The molecule has 0 unspecified atom stereocenters. The van der Waals surface area contributed by atoms with Crippen LogP contribution in [0.5, 0.6) is 11.5 Å². The van der Waals surface area contributed by atoms with Crippen LogP contribution in [0.2, 0.25) is 0 Å². The molecule has 2 rings (SSSR count). The van der Waals surface area contributed by atoms with Gasteiger partial charge in [-0.1, -0.05) is 12.2 Å². The Balaban J connectivity index is 2.14. The molecule has 0 saturated heterocycles. The van der Waals surface area contributed by atoms with Crippen LogP contribution in [0.25, 0.3) is 0 Å². The molecule has 0 amide bonds. The van der Waals surface area contributed by atoms with Crippen LogP contribution in [0.1, 0.15) is 5.56 Å². The van der Waals surface area contributed by atoms with Crippen molar-refractivity contribution < 1.29 is 9.47 Å². The first-order valence-electron chi connectivity index (χ1n) is 5.93. The van der Waals surface area contributed by atoms with E-state index < -0.39 is 0 Å². The second-order valence-electron chi connectivity index (χ2n) is 4.03. The summed E-state index contributed by atoms with van der Waals surface area (Å²) in [5, 5.41) is 3.20. The van der Waals surface area contributed by atoms with Crippen LogP contribution in [-0.4, -0.2) is 19.2 Å². The third-order valence-corrected chi connectivity index (χ3v) is 3.77. The molecular formula is C15H14BrNO2S. The number of methoxy groups -OCH3 is 2. The van der Waals surface area contributed by atoms with Gasteiger partial charge in [-0.05, 0) is 58.4 Å². The summed E-state index contributed by atoms with van der Waals surface area (Å²) in [6.07, 6.45) is 0. The van der Waals surface area contributed by atoms with Gasteiger partial charge in [0.15, 0.2) is 0 Å². The van der Waals surface area contributed by atoms with Crippen molar-refractivity contribution in [1.82, 2.24) is 0 Å². The number of hydrogen-bond acceptors (Lipinski definition) is 3. The van der Waals surface area contributed by atoms with Crippen molar-refractivity contribution in [2.45, 2.75) is 0 Å². The van der Waals surface area contributed by atoms with Crippen LogP contribution in [0.15, 0.2) is 46.9 Å². The molecule has 0 aromatic heterocycles. The van der Waals surface area contributed by atoms with Crippen LogP contribution in [-0.2, 0) is 0 Å². The zero-order chi connectivity index (χ0) is 14.5. The highest BCUT2D eigenvalue weighted by Crippen LogP contribution is 2.27. The van der Waals surface area contributed by atoms with Crippen LogP contribution in [0.3, 0.4) is 0 Å². The van der Waals surface area contributed by atoms with Gasteiger partial charge in [0, 0.05) is 10.0 Å². The second-order valence-corrected chi connectivity index (χ2v) is 5.29. The lowest BCUT2D eigenvalue weighted by atomic mass is 10.2. The number of anilines is 1. The smallest absolute Gasteiger partial charge is 0.120 e. The van der Waals surface area contributed by atoms with E-state index in [-0.39, 0.29) is 0 Å². The quantitative estimate of drug-likeness (QED) is 0.834. The Morgan fingerprint density at radius 1 is 1.00 bits per heavy atom. The van der Waals surface area contributed by atoms with Crippen LogP contribution < -0.4 is 14.8 Å². The SMILES string of the molecule is COc1ccc(C(=S)Nc2ccc(OC)cc2Br)cc1. The van der Waals surface area contributed by atoms with Gasteiger partial charge < -0.3 is 14.8 Å². The number of hydrogen-bond donors (Lipinski definition) is 1. The molecule has 0 saturated carbocycles. The first-order chi connectivity index (χ1) is 9.63. The molecule has 3 nitrogen and oxygen atoms in total. The molecule has 0 aliphatic heterocycles. The lowest BCUT2D eigenvalue weighted by Crippen LogP contribution is -2.10. The summed E-state index contributed by atoms with van der Waals surface area (Å²) in [5.74, 6) is 1.60. The molecule has 0 aliphatic rings. The lowest BCUT2D eigenvalue weighted by Gasteiger charge is -2.11. The molecule has 0 bridgehead atoms. The highest BCUT2D eigenvalue weighted by atomic mass is 79.9. The van der Waals surface area contributed by atoms with Gasteiger partial charge >= 0.3 is 0 Å². The fourth-order valence-corrected chi connectivity index (χ4v) is 2.36. The van der Waals surface area contributed by atoms with Gasteiger partial charge in [-0.15, -0.1) is 0 Å². The van der Waals surface area contributed by atoms with E-state index in [4.69, 9.17) is 21.7 Å².